The van der Waals surface area contributed by atoms with Crippen molar-refractivity contribution in [3.63, 3.8) is 0 Å². The lowest BCUT2D eigenvalue weighted by molar-refractivity contribution is -0.128. The second-order valence-corrected chi connectivity index (χ2v) is 7.05. The standard InChI is InChI=1S/C16H26N4O2S/c1-4-7-8-20-10-12(9-13(20)21)14(22)17-16-19-18-15(23-16)11(5-2)6-3/h11-12H,4-10H2,1-3H3,(H,17,19,22). The van der Waals surface area contributed by atoms with Gasteiger partial charge in [-0.15, -0.1) is 10.2 Å². The summed E-state index contributed by atoms with van der Waals surface area (Å²) < 4.78 is 0. The molecule has 2 rings (SSSR count). The number of carbonyl (C=O) groups excluding carboxylic acids is 2. The Kier molecular flexibility index (Phi) is 6.50. The van der Waals surface area contributed by atoms with E-state index in [-0.39, 0.29) is 17.7 Å². The summed E-state index contributed by atoms with van der Waals surface area (Å²) in [6.45, 7) is 7.61. The van der Waals surface area contributed by atoms with Crippen LogP contribution in [0.3, 0.4) is 0 Å². The smallest absolute Gasteiger partial charge is 0.231 e. The van der Waals surface area contributed by atoms with Crippen LogP contribution < -0.4 is 5.32 Å². The number of nitrogens with one attached hydrogen (secondary N) is 1. The molecule has 1 aromatic heterocycles. The Hall–Kier alpha value is -1.50. The zero-order valence-corrected chi connectivity index (χ0v) is 15.0. The molecule has 1 atom stereocenters. The van der Waals surface area contributed by atoms with E-state index in [1.165, 1.54) is 11.3 Å². The first-order valence-corrected chi connectivity index (χ1v) is 9.32. The van der Waals surface area contributed by atoms with Gasteiger partial charge in [0.15, 0.2) is 0 Å². The third-order valence-corrected chi connectivity index (χ3v) is 5.37. The van der Waals surface area contributed by atoms with Crippen LogP contribution in [0.4, 0.5) is 5.13 Å². The van der Waals surface area contributed by atoms with Crippen LogP contribution in [0.1, 0.15) is 63.8 Å². The molecule has 1 aliphatic rings. The minimum absolute atomic E-state index is 0.0774. The van der Waals surface area contributed by atoms with Crippen molar-refractivity contribution in [2.24, 2.45) is 5.92 Å². The average Bonchev–Trinajstić information content (AvgIpc) is 3.14. The van der Waals surface area contributed by atoms with Gasteiger partial charge in [-0.2, -0.15) is 0 Å². The third kappa shape index (κ3) is 4.50. The van der Waals surface area contributed by atoms with Crippen LogP contribution >= 0.6 is 11.3 Å². The zero-order chi connectivity index (χ0) is 16.8. The number of rotatable bonds is 8. The molecule has 1 unspecified atom stereocenters. The van der Waals surface area contributed by atoms with Crippen LogP contribution in [0.15, 0.2) is 0 Å². The number of carbonyl (C=O) groups is 2. The van der Waals surface area contributed by atoms with Crippen LogP contribution in [0.2, 0.25) is 0 Å². The molecule has 1 aromatic rings. The molecule has 1 fully saturated rings. The lowest BCUT2D eigenvalue weighted by Gasteiger charge is -2.15. The molecule has 23 heavy (non-hydrogen) atoms. The first-order valence-electron chi connectivity index (χ1n) is 8.50. The molecule has 0 aromatic carbocycles. The molecular formula is C16H26N4O2S. The van der Waals surface area contributed by atoms with Gasteiger partial charge in [-0.05, 0) is 19.3 Å². The first-order chi connectivity index (χ1) is 11.1. The Balaban J connectivity index is 1.91. The minimum Gasteiger partial charge on any atom is -0.342 e. The van der Waals surface area contributed by atoms with Crippen molar-refractivity contribution in [1.29, 1.82) is 0 Å². The van der Waals surface area contributed by atoms with Gasteiger partial charge in [0, 0.05) is 25.4 Å². The van der Waals surface area contributed by atoms with Crippen molar-refractivity contribution in [3.05, 3.63) is 5.01 Å². The Labute approximate surface area is 141 Å². The molecule has 0 radical (unpaired) electrons. The number of likely N-dealkylation sites (tertiary alicyclic amines) is 1. The number of amides is 2. The molecular weight excluding hydrogens is 312 g/mol. The van der Waals surface area contributed by atoms with Gasteiger partial charge in [0.05, 0.1) is 5.92 Å². The summed E-state index contributed by atoms with van der Waals surface area (Å²) in [5, 5.41) is 12.6. The maximum atomic E-state index is 12.3. The van der Waals surface area contributed by atoms with E-state index in [4.69, 9.17) is 0 Å². The lowest BCUT2D eigenvalue weighted by Crippen LogP contribution is -2.29. The van der Waals surface area contributed by atoms with E-state index in [9.17, 15) is 9.59 Å². The number of hydrogen-bond donors (Lipinski definition) is 1. The molecule has 0 spiro atoms. The molecule has 2 heterocycles. The second-order valence-electron chi connectivity index (χ2n) is 6.04. The van der Waals surface area contributed by atoms with Gasteiger partial charge in [-0.3, -0.25) is 9.59 Å². The van der Waals surface area contributed by atoms with Crippen molar-refractivity contribution < 1.29 is 9.59 Å². The van der Waals surface area contributed by atoms with Gasteiger partial charge >= 0.3 is 0 Å². The molecule has 128 valence electrons. The van der Waals surface area contributed by atoms with E-state index in [1.807, 2.05) is 0 Å². The van der Waals surface area contributed by atoms with Crippen molar-refractivity contribution in [1.82, 2.24) is 15.1 Å². The van der Waals surface area contributed by atoms with Crippen LogP contribution in [0.25, 0.3) is 0 Å². The molecule has 7 heteroatoms. The van der Waals surface area contributed by atoms with Crippen LogP contribution in [0, 0.1) is 5.92 Å². The molecule has 0 aliphatic carbocycles. The van der Waals surface area contributed by atoms with Crippen molar-refractivity contribution in [3.8, 4) is 0 Å². The fourth-order valence-corrected chi connectivity index (χ4v) is 3.82. The van der Waals surface area contributed by atoms with Crippen LogP contribution in [-0.2, 0) is 9.59 Å². The van der Waals surface area contributed by atoms with Gasteiger partial charge in [-0.25, -0.2) is 0 Å². The summed E-state index contributed by atoms with van der Waals surface area (Å²) in [7, 11) is 0. The van der Waals surface area contributed by atoms with Crippen molar-refractivity contribution >= 4 is 28.3 Å². The Bertz CT molecular complexity index is 542. The molecule has 1 N–H and O–H groups in total. The Morgan fingerprint density at radius 2 is 2.09 bits per heavy atom. The van der Waals surface area contributed by atoms with E-state index < -0.39 is 0 Å². The second kappa shape index (κ2) is 8.38. The van der Waals surface area contributed by atoms with Gasteiger partial charge in [0.2, 0.25) is 16.9 Å². The minimum atomic E-state index is -0.278. The summed E-state index contributed by atoms with van der Waals surface area (Å²) in [5.74, 6) is 0.0776. The normalized spacial score (nSPS) is 18.0. The van der Waals surface area contributed by atoms with Gasteiger partial charge in [0.1, 0.15) is 5.01 Å². The zero-order valence-electron chi connectivity index (χ0n) is 14.2. The Morgan fingerprint density at radius 3 is 2.74 bits per heavy atom. The molecule has 1 saturated heterocycles. The summed E-state index contributed by atoms with van der Waals surface area (Å²) >= 11 is 1.44. The number of anilines is 1. The fraction of sp³-hybridized carbons (Fsp3) is 0.750. The topological polar surface area (TPSA) is 75.2 Å². The highest BCUT2D eigenvalue weighted by Crippen LogP contribution is 2.28. The quantitative estimate of drug-likeness (QED) is 0.790. The third-order valence-electron chi connectivity index (χ3n) is 4.37. The van der Waals surface area contributed by atoms with E-state index in [0.29, 0.717) is 24.0 Å². The molecule has 6 nitrogen and oxygen atoms in total. The predicted molar refractivity (Wildman–Crippen MR) is 91.5 cm³/mol. The molecule has 0 saturated carbocycles. The van der Waals surface area contributed by atoms with Crippen molar-refractivity contribution in [2.75, 3.05) is 18.4 Å². The van der Waals surface area contributed by atoms with Gasteiger partial charge in [0.25, 0.3) is 0 Å². The highest BCUT2D eigenvalue weighted by Gasteiger charge is 2.34. The number of aromatic nitrogens is 2. The maximum Gasteiger partial charge on any atom is 0.231 e. The molecule has 1 aliphatic heterocycles. The molecule has 2 amide bonds. The van der Waals surface area contributed by atoms with E-state index in [1.54, 1.807) is 4.90 Å². The van der Waals surface area contributed by atoms with Gasteiger partial charge < -0.3 is 10.2 Å². The number of hydrogen-bond acceptors (Lipinski definition) is 5. The predicted octanol–water partition coefficient (Wildman–Crippen LogP) is 3.03. The van der Waals surface area contributed by atoms with E-state index >= 15 is 0 Å². The van der Waals surface area contributed by atoms with Crippen LogP contribution in [-0.4, -0.2) is 40.0 Å². The monoisotopic (exact) mass is 338 g/mol. The Morgan fingerprint density at radius 1 is 1.35 bits per heavy atom. The average molecular weight is 338 g/mol. The highest BCUT2D eigenvalue weighted by molar-refractivity contribution is 7.15. The summed E-state index contributed by atoms with van der Waals surface area (Å²) in [6.07, 6.45) is 4.36. The van der Waals surface area contributed by atoms with Crippen molar-refractivity contribution in [2.45, 2.75) is 58.8 Å². The largest absolute Gasteiger partial charge is 0.342 e. The lowest BCUT2D eigenvalue weighted by atomic mass is 10.1. The maximum absolute atomic E-state index is 12.3. The summed E-state index contributed by atoms with van der Waals surface area (Å²) in [4.78, 5) is 26.1. The molecule has 0 bridgehead atoms. The number of unbranched alkanes of at least 4 members (excludes halogenated alkanes) is 1. The van der Waals surface area contributed by atoms with E-state index in [0.717, 1.165) is 37.2 Å². The highest BCUT2D eigenvalue weighted by atomic mass is 32.1. The van der Waals surface area contributed by atoms with Crippen LogP contribution in [0.5, 0.6) is 0 Å². The summed E-state index contributed by atoms with van der Waals surface area (Å²) in [5.41, 5.74) is 0. The number of nitrogens with zero attached hydrogens (tertiary/aromatic N) is 3. The first kappa shape index (κ1) is 17.8. The van der Waals surface area contributed by atoms with E-state index in [2.05, 4.69) is 36.3 Å². The fourth-order valence-electron chi connectivity index (χ4n) is 2.81. The SMILES string of the molecule is CCCCN1CC(C(=O)Nc2nnc(C(CC)CC)s2)CC1=O. The summed E-state index contributed by atoms with van der Waals surface area (Å²) in [6, 6.07) is 0. The van der Waals surface area contributed by atoms with Gasteiger partial charge in [-0.1, -0.05) is 38.5 Å².